The van der Waals surface area contributed by atoms with Crippen molar-refractivity contribution in [3.63, 3.8) is 0 Å². The van der Waals surface area contributed by atoms with Gasteiger partial charge in [0.05, 0.1) is 11.1 Å². The van der Waals surface area contributed by atoms with Crippen LogP contribution >= 0.6 is 0 Å². The second kappa shape index (κ2) is 5.74. The zero-order chi connectivity index (χ0) is 18.5. The Morgan fingerprint density at radius 3 is 2.63 bits per heavy atom. The molecule has 1 unspecified atom stereocenters. The number of aromatic nitrogens is 3. The van der Waals surface area contributed by atoms with Gasteiger partial charge in [-0.2, -0.15) is 9.49 Å². The smallest absolute Gasteiger partial charge is 0.236 e. The molecule has 5 rings (SSSR count). The third-order valence-electron chi connectivity index (χ3n) is 6.15. The molecule has 5 nitrogen and oxygen atoms in total. The van der Waals surface area contributed by atoms with Gasteiger partial charge < -0.3 is 5.32 Å². The molecule has 136 valence electrons. The van der Waals surface area contributed by atoms with Gasteiger partial charge >= 0.3 is 0 Å². The minimum Gasteiger partial charge on any atom is -0.308 e. The molecule has 0 saturated heterocycles. The first-order chi connectivity index (χ1) is 13.1. The fourth-order valence-electron chi connectivity index (χ4n) is 4.55. The first kappa shape index (κ1) is 16.2. The van der Waals surface area contributed by atoms with Crippen LogP contribution in [0.1, 0.15) is 31.2 Å². The van der Waals surface area contributed by atoms with Crippen molar-refractivity contribution in [3.8, 4) is 5.69 Å². The molecule has 2 aromatic heterocycles. The van der Waals surface area contributed by atoms with Crippen LogP contribution in [0.5, 0.6) is 0 Å². The predicted octanol–water partition coefficient (Wildman–Crippen LogP) is 3.86. The average molecular weight is 362 g/mol. The van der Waals surface area contributed by atoms with E-state index in [-0.39, 0.29) is 11.3 Å². The summed E-state index contributed by atoms with van der Waals surface area (Å²) in [6.07, 6.45) is 7.36. The van der Waals surface area contributed by atoms with Gasteiger partial charge in [-0.05, 0) is 36.3 Å². The van der Waals surface area contributed by atoms with Crippen LogP contribution in [0.4, 0.5) is 10.2 Å². The Hall–Kier alpha value is -3.02. The Morgan fingerprint density at radius 1 is 1.15 bits per heavy atom. The van der Waals surface area contributed by atoms with Crippen molar-refractivity contribution in [1.82, 2.24) is 14.8 Å². The van der Waals surface area contributed by atoms with Crippen molar-refractivity contribution in [2.45, 2.75) is 31.1 Å². The van der Waals surface area contributed by atoms with Gasteiger partial charge in [-0.25, -0.2) is 9.67 Å². The summed E-state index contributed by atoms with van der Waals surface area (Å²) >= 11 is 0. The second-order valence-electron chi connectivity index (χ2n) is 7.52. The van der Waals surface area contributed by atoms with E-state index in [9.17, 15) is 9.18 Å². The number of amides is 1. The molecule has 0 radical (unpaired) electrons. The lowest BCUT2D eigenvalue weighted by Crippen LogP contribution is -2.36. The molecule has 2 aliphatic rings. The van der Waals surface area contributed by atoms with Crippen LogP contribution in [0.25, 0.3) is 5.69 Å². The standard InChI is InChI=1S/C21H19FN4O/c22-17-13-16(7-11-23-17)26-12-8-18(25-26)24-19(27)21(14-20(21)9-4-10-20)15-5-2-1-3-6-15/h1-3,5-8,11-13H,4,9-10,14H2,(H,24,25,27). The quantitative estimate of drug-likeness (QED) is 0.717. The zero-order valence-electron chi connectivity index (χ0n) is 14.7. The lowest BCUT2D eigenvalue weighted by atomic mass is 9.72. The van der Waals surface area contributed by atoms with Crippen LogP contribution in [0.15, 0.2) is 60.9 Å². The summed E-state index contributed by atoms with van der Waals surface area (Å²) < 4.78 is 14.9. The molecule has 0 aliphatic heterocycles. The van der Waals surface area contributed by atoms with Gasteiger partial charge in [-0.15, -0.1) is 0 Å². The van der Waals surface area contributed by atoms with Crippen LogP contribution < -0.4 is 5.32 Å². The number of carbonyl (C=O) groups is 1. The first-order valence-electron chi connectivity index (χ1n) is 9.18. The van der Waals surface area contributed by atoms with Crippen LogP contribution in [-0.2, 0) is 10.2 Å². The molecule has 2 fully saturated rings. The van der Waals surface area contributed by atoms with Crippen molar-refractivity contribution in [2.75, 3.05) is 5.32 Å². The number of nitrogens with one attached hydrogen (secondary N) is 1. The van der Waals surface area contributed by atoms with Gasteiger partial charge in [0.25, 0.3) is 0 Å². The molecule has 6 heteroatoms. The van der Waals surface area contributed by atoms with E-state index in [2.05, 4.69) is 15.4 Å². The summed E-state index contributed by atoms with van der Waals surface area (Å²) in [7, 11) is 0. The maximum atomic E-state index is 13.3. The van der Waals surface area contributed by atoms with E-state index in [1.807, 2.05) is 30.3 Å². The van der Waals surface area contributed by atoms with Crippen molar-refractivity contribution in [3.05, 3.63) is 72.4 Å². The topological polar surface area (TPSA) is 59.8 Å². The molecule has 2 aliphatic carbocycles. The Balaban J connectivity index is 1.42. The maximum absolute atomic E-state index is 13.3. The number of benzene rings is 1. The number of anilines is 1. The van der Waals surface area contributed by atoms with Gasteiger partial charge in [0.1, 0.15) is 0 Å². The number of hydrogen-bond acceptors (Lipinski definition) is 3. The molecule has 0 bridgehead atoms. The summed E-state index contributed by atoms with van der Waals surface area (Å²) in [6.45, 7) is 0. The number of nitrogens with zero attached hydrogens (tertiary/aromatic N) is 3. The Kier molecular flexibility index (Phi) is 3.44. The second-order valence-corrected chi connectivity index (χ2v) is 7.52. The highest BCUT2D eigenvalue weighted by atomic mass is 19.1. The van der Waals surface area contributed by atoms with Crippen molar-refractivity contribution in [1.29, 1.82) is 0 Å². The number of rotatable bonds is 4. The lowest BCUT2D eigenvalue weighted by Gasteiger charge is -2.32. The number of halogens is 1. The fraction of sp³-hybridized carbons (Fsp3) is 0.286. The molecule has 3 aromatic rings. The summed E-state index contributed by atoms with van der Waals surface area (Å²) in [5.74, 6) is -0.102. The molecule has 1 amide bonds. The number of carbonyl (C=O) groups excluding carboxylic acids is 1. The normalized spacial score (nSPS) is 22.3. The SMILES string of the molecule is O=C(Nc1ccn(-c2ccnc(F)c2)n1)C1(c2ccccc2)CC12CCC2. The number of hydrogen-bond donors (Lipinski definition) is 1. The minimum atomic E-state index is -0.568. The van der Waals surface area contributed by atoms with Gasteiger partial charge in [-0.1, -0.05) is 36.8 Å². The first-order valence-corrected chi connectivity index (χ1v) is 9.18. The Morgan fingerprint density at radius 2 is 1.96 bits per heavy atom. The van der Waals surface area contributed by atoms with E-state index < -0.39 is 11.4 Å². The van der Waals surface area contributed by atoms with E-state index in [4.69, 9.17) is 0 Å². The summed E-state index contributed by atoms with van der Waals surface area (Å²) in [6, 6.07) is 14.7. The Bertz CT molecular complexity index is 1010. The number of pyridine rings is 1. The third-order valence-corrected chi connectivity index (χ3v) is 6.15. The van der Waals surface area contributed by atoms with Crippen LogP contribution in [0.2, 0.25) is 0 Å². The molecule has 2 saturated carbocycles. The minimum absolute atomic E-state index is 0.000408. The van der Waals surface area contributed by atoms with Crippen molar-refractivity contribution < 1.29 is 9.18 Å². The van der Waals surface area contributed by atoms with E-state index in [0.717, 1.165) is 24.8 Å². The molecular weight excluding hydrogens is 343 g/mol. The van der Waals surface area contributed by atoms with E-state index in [1.165, 1.54) is 23.4 Å². The summed E-state index contributed by atoms with van der Waals surface area (Å²) in [5, 5.41) is 7.37. The maximum Gasteiger partial charge on any atom is 0.236 e. The molecule has 27 heavy (non-hydrogen) atoms. The van der Waals surface area contributed by atoms with Crippen LogP contribution in [0.3, 0.4) is 0 Å². The van der Waals surface area contributed by atoms with Crippen LogP contribution in [-0.4, -0.2) is 20.7 Å². The largest absolute Gasteiger partial charge is 0.308 e. The molecule has 2 heterocycles. The molecule has 1 N–H and O–H groups in total. The molecule has 1 spiro atoms. The Labute approximate surface area is 156 Å². The van der Waals surface area contributed by atoms with E-state index in [1.54, 1.807) is 18.3 Å². The molecule has 1 atom stereocenters. The average Bonchev–Trinajstić information content (AvgIpc) is 3.21. The van der Waals surface area contributed by atoms with E-state index >= 15 is 0 Å². The monoisotopic (exact) mass is 362 g/mol. The summed E-state index contributed by atoms with van der Waals surface area (Å²) in [4.78, 5) is 16.8. The highest BCUT2D eigenvalue weighted by Crippen LogP contribution is 2.74. The third kappa shape index (κ3) is 2.40. The molecular formula is C21H19FN4O. The van der Waals surface area contributed by atoms with E-state index in [0.29, 0.717) is 11.5 Å². The van der Waals surface area contributed by atoms with Crippen molar-refractivity contribution in [2.24, 2.45) is 5.41 Å². The lowest BCUT2D eigenvalue weighted by molar-refractivity contribution is -0.120. The predicted molar refractivity (Wildman–Crippen MR) is 99.0 cm³/mol. The van der Waals surface area contributed by atoms with Gasteiger partial charge in [0.15, 0.2) is 5.82 Å². The summed E-state index contributed by atoms with van der Waals surface area (Å²) in [5.41, 5.74) is 1.29. The zero-order valence-corrected chi connectivity index (χ0v) is 14.7. The highest BCUT2D eigenvalue weighted by Gasteiger charge is 2.74. The van der Waals surface area contributed by atoms with Crippen LogP contribution in [0, 0.1) is 11.4 Å². The van der Waals surface area contributed by atoms with Gasteiger partial charge in [0, 0.05) is 24.5 Å². The van der Waals surface area contributed by atoms with Crippen molar-refractivity contribution >= 4 is 11.7 Å². The molecule has 1 aromatic carbocycles. The van der Waals surface area contributed by atoms with Gasteiger partial charge in [0.2, 0.25) is 11.9 Å². The fourth-order valence-corrected chi connectivity index (χ4v) is 4.55. The highest BCUT2D eigenvalue weighted by molar-refractivity contribution is 6.02. The van der Waals surface area contributed by atoms with Gasteiger partial charge in [-0.3, -0.25) is 4.79 Å².